The second kappa shape index (κ2) is 10.9. The molecule has 0 atom stereocenters. The maximum absolute atomic E-state index is 12.1. The molecule has 7 heteroatoms. The number of fused-ring (bicyclic) bond motifs is 3. The van der Waals surface area contributed by atoms with Crippen LogP contribution in [0.4, 0.5) is 5.82 Å². The molecule has 1 aliphatic heterocycles. The normalized spacial score (nSPS) is 14.5. The fourth-order valence-electron chi connectivity index (χ4n) is 5.17. The summed E-state index contributed by atoms with van der Waals surface area (Å²) in [6.45, 7) is 6.40. The number of methoxy groups -OCH3 is 1. The van der Waals surface area contributed by atoms with E-state index in [0.29, 0.717) is 17.6 Å². The van der Waals surface area contributed by atoms with Crippen LogP contribution in [0.5, 0.6) is 0 Å². The molecule has 5 rings (SSSR count). The predicted octanol–water partition coefficient (Wildman–Crippen LogP) is 4.61. The molecular weight excluding hydrogens is 462 g/mol. The summed E-state index contributed by atoms with van der Waals surface area (Å²) in [5.74, 6) is 0.776. The zero-order valence-electron chi connectivity index (χ0n) is 21.4. The molecule has 0 radical (unpaired) electrons. The molecule has 2 aromatic carbocycles. The Morgan fingerprint density at radius 1 is 1.08 bits per heavy atom. The molecule has 37 heavy (non-hydrogen) atoms. The lowest BCUT2D eigenvalue weighted by Crippen LogP contribution is -2.47. The molecule has 0 amide bonds. The van der Waals surface area contributed by atoms with Gasteiger partial charge in [-0.25, -0.2) is 4.98 Å². The van der Waals surface area contributed by atoms with Gasteiger partial charge in [0.15, 0.2) is 5.65 Å². The third-order valence-corrected chi connectivity index (χ3v) is 7.16. The summed E-state index contributed by atoms with van der Waals surface area (Å²) in [6.07, 6.45) is 5.16. The van der Waals surface area contributed by atoms with Crippen LogP contribution in [0.15, 0.2) is 60.7 Å². The Morgan fingerprint density at radius 2 is 1.81 bits per heavy atom. The summed E-state index contributed by atoms with van der Waals surface area (Å²) >= 11 is 0. The Kier molecular flexibility index (Phi) is 7.20. The van der Waals surface area contributed by atoms with Gasteiger partial charge in [0, 0.05) is 39.1 Å². The maximum atomic E-state index is 12.1. The van der Waals surface area contributed by atoms with E-state index in [1.807, 2.05) is 37.3 Å². The Morgan fingerprint density at radius 3 is 2.54 bits per heavy atom. The van der Waals surface area contributed by atoms with Gasteiger partial charge in [-0.3, -0.25) is 14.1 Å². The molecule has 0 aliphatic carbocycles. The van der Waals surface area contributed by atoms with Crippen LogP contribution in [-0.4, -0.2) is 60.1 Å². The van der Waals surface area contributed by atoms with E-state index in [4.69, 9.17) is 9.72 Å². The van der Waals surface area contributed by atoms with Crippen molar-refractivity contribution < 1.29 is 9.53 Å². The number of hydrogen-bond donors (Lipinski definition) is 0. The van der Waals surface area contributed by atoms with E-state index in [1.54, 1.807) is 0 Å². The number of carbonyl (C=O) groups excluding carboxylic acids is 1. The monoisotopic (exact) mass is 493 g/mol. The first-order chi connectivity index (χ1) is 18.1. The maximum Gasteiger partial charge on any atom is 0.305 e. The number of nitrogens with zero attached hydrogens (tertiary/aromatic N) is 5. The number of anilines is 1. The molecule has 0 bridgehead atoms. The van der Waals surface area contributed by atoms with Crippen LogP contribution in [0.1, 0.15) is 28.7 Å². The molecule has 0 spiro atoms. The minimum Gasteiger partial charge on any atom is -0.469 e. The lowest BCUT2D eigenvalue weighted by molar-refractivity contribution is -0.140. The Balaban J connectivity index is 1.49. The molecule has 1 fully saturated rings. The van der Waals surface area contributed by atoms with Gasteiger partial charge < -0.3 is 9.64 Å². The highest BCUT2D eigenvalue weighted by Gasteiger charge is 2.27. The van der Waals surface area contributed by atoms with Gasteiger partial charge in [-0.05, 0) is 42.2 Å². The number of ether oxygens (including phenoxy) is 1. The molecule has 1 saturated heterocycles. The van der Waals surface area contributed by atoms with Crippen molar-refractivity contribution in [1.82, 2.24) is 14.3 Å². The van der Waals surface area contributed by atoms with Crippen LogP contribution in [-0.2, 0) is 16.0 Å². The summed E-state index contributed by atoms with van der Waals surface area (Å²) in [5, 5.41) is 10.1. The van der Waals surface area contributed by atoms with E-state index in [0.717, 1.165) is 60.7 Å². The molecule has 7 nitrogen and oxygen atoms in total. The zero-order chi connectivity index (χ0) is 25.8. The van der Waals surface area contributed by atoms with Crippen molar-refractivity contribution in [1.29, 1.82) is 5.26 Å². The second-order valence-corrected chi connectivity index (χ2v) is 9.35. The summed E-state index contributed by atoms with van der Waals surface area (Å²) in [5.41, 5.74) is 6.16. The summed E-state index contributed by atoms with van der Waals surface area (Å²) in [4.78, 5) is 21.8. The molecule has 0 N–H and O–H groups in total. The first-order valence-electron chi connectivity index (χ1n) is 12.7. The molecule has 4 aromatic rings. The van der Waals surface area contributed by atoms with E-state index in [-0.39, 0.29) is 12.4 Å². The van der Waals surface area contributed by atoms with Crippen molar-refractivity contribution in [3.63, 3.8) is 0 Å². The standard InChI is InChI=1S/C30H31N5O2/c1-22-24(14-15-28(36)37-2)30(35-27-13-7-6-12-26(27)32-29(35)25(22)21-31)34-19-17-33(18-20-34)16-8-11-23-9-4-3-5-10-23/h3-13H,14-20H2,1-2H3. The van der Waals surface area contributed by atoms with Crippen LogP contribution < -0.4 is 4.90 Å². The fraction of sp³-hybridized carbons (Fsp3) is 0.300. The van der Waals surface area contributed by atoms with Crippen molar-refractivity contribution in [2.24, 2.45) is 0 Å². The van der Waals surface area contributed by atoms with Crippen LogP contribution in [0.2, 0.25) is 0 Å². The number of aromatic nitrogens is 2. The number of carbonyl (C=O) groups is 1. The van der Waals surface area contributed by atoms with Crippen molar-refractivity contribution >= 4 is 34.5 Å². The van der Waals surface area contributed by atoms with Crippen LogP contribution in [0, 0.1) is 18.3 Å². The third-order valence-electron chi connectivity index (χ3n) is 7.16. The van der Waals surface area contributed by atoms with Gasteiger partial charge in [0.05, 0.1) is 23.7 Å². The number of para-hydroxylation sites is 2. The third kappa shape index (κ3) is 4.93. The first-order valence-corrected chi connectivity index (χ1v) is 12.7. The topological polar surface area (TPSA) is 73.9 Å². The Bertz CT molecular complexity index is 1490. The predicted molar refractivity (Wildman–Crippen MR) is 147 cm³/mol. The number of imidazole rings is 1. The largest absolute Gasteiger partial charge is 0.469 e. The molecular formula is C30H31N5O2. The highest BCUT2D eigenvalue weighted by atomic mass is 16.5. The van der Waals surface area contributed by atoms with Crippen LogP contribution in [0.25, 0.3) is 22.8 Å². The zero-order valence-corrected chi connectivity index (χ0v) is 21.4. The SMILES string of the molecule is COC(=O)CCc1c(C)c(C#N)c2nc3ccccc3n2c1N1CCN(CC=Cc2ccccc2)CC1. The first kappa shape index (κ1) is 24.5. The average molecular weight is 494 g/mol. The molecule has 0 unspecified atom stereocenters. The van der Waals surface area contributed by atoms with Crippen LogP contribution >= 0.6 is 0 Å². The van der Waals surface area contributed by atoms with Gasteiger partial charge >= 0.3 is 5.97 Å². The molecule has 188 valence electrons. The second-order valence-electron chi connectivity index (χ2n) is 9.35. The van der Waals surface area contributed by atoms with E-state index in [1.165, 1.54) is 12.7 Å². The highest BCUT2D eigenvalue weighted by molar-refractivity contribution is 5.86. The Hall–Kier alpha value is -4.15. The van der Waals surface area contributed by atoms with Gasteiger partial charge in [0.25, 0.3) is 0 Å². The van der Waals surface area contributed by atoms with Gasteiger partial charge in [0.1, 0.15) is 11.9 Å². The van der Waals surface area contributed by atoms with Crippen molar-refractivity contribution in [2.75, 3.05) is 44.7 Å². The summed E-state index contributed by atoms with van der Waals surface area (Å²) in [6, 6.07) is 20.7. The minimum absolute atomic E-state index is 0.255. The number of pyridine rings is 1. The number of nitriles is 1. The summed E-state index contributed by atoms with van der Waals surface area (Å²) < 4.78 is 7.05. The molecule has 0 saturated carbocycles. The van der Waals surface area contributed by atoms with Crippen molar-refractivity contribution in [3.8, 4) is 6.07 Å². The van der Waals surface area contributed by atoms with E-state index >= 15 is 0 Å². The number of piperazine rings is 1. The van der Waals surface area contributed by atoms with Crippen LogP contribution in [0.3, 0.4) is 0 Å². The number of hydrogen-bond acceptors (Lipinski definition) is 6. The van der Waals surface area contributed by atoms with E-state index < -0.39 is 0 Å². The average Bonchev–Trinajstić information content (AvgIpc) is 3.31. The van der Waals surface area contributed by atoms with Gasteiger partial charge in [-0.15, -0.1) is 0 Å². The fourth-order valence-corrected chi connectivity index (χ4v) is 5.17. The van der Waals surface area contributed by atoms with E-state index in [2.05, 4.69) is 56.7 Å². The smallest absolute Gasteiger partial charge is 0.305 e. The number of esters is 1. The van der Waals surface area contributed by atoms with Gasteiger partial charge in [-0.2, -0.15) is 5.26 Å². The van der Waals surface area contributed by atoms with Gasteiger partial charge in [-0.1, -0.05) is 54.6 Å². The Labute approximate surface area is 217 Å². The summed E-state index contributed by atoms with van der Waals surface area (Å²) in [7, 11) is 1.41. The number of benzene rings is 2. The lowest BCUT2D eigenvalue weighted by Gasteiger charge is -2.37. The number of rotatable bonds is 7. The minimum atomic E-state index is -0.255. The highest BCUT2D eigenvalue weighted by Crippen LogP contribution is 2.34. The lowest BCUT2D eigenvalue weighted by atomic mass is 9.99. The molecule has 3 heterocycles. The van der Waals surface area contributed by atoms with Gasteiger partial charge in [0.2, 0.25) is 0 Å². The molecule has 1 aliphatic rings. The molecule has 2 aromatic heterocycles. The van der Waals surface area contributed by atoms with E-state index in [9.17, 15) is 10.1 Å². The quantitative estimate of drug-likeness (QED) is 0.350. The van der Waals surface area contributed by atoms with Crippen molar-refractivity contribution in [3.05, 3.63) is 82.9 Å². The van der Waals surface area contributed by atoms with Crippen molar-refractivity contribution in [2.45, 2.75) is 19.8 Å².